The van der Waals surface area contributed by atoms with E-state index in [1.165, 1.54) is 27.9 Å². The van der Waals surface area contributed by atoms with E-state index in [4.69, 9.17) is 10.2 Å². The van der Waals surface area contributed by atoms with Crippen LogP contribution in [0.25, 0.3) is 11.5 Å². The Morgan fingerprint density at radius 3 is 2.78 bits per heavy atom. The van der Waals surface area contributed by atoms with E-state index < -0.39 is 24.0 Å². The molecule has 2 amide bonds. The third kappa shape index (κ3) is 5.03. The van der Waals surface area contributed by atoms with E-state index in [9.17, 15) is 22.8 Å². The number of nitrogens with zero attached hydrogens (tertiary/aromatic N) is 5. The molecule has 1 fully saturated rings. The van der Waals surface area contributed by atoms with Crippen molar-refractivity contribution in [1.29, 1.82) is 0 Å². The smallest absolute Gasteiger partial charge is 0.405 e. The van der Waals surface area contributed by atoms with Crippen LogP contribution in [0.3, 0.4) is 0 Å². The van der Waals surface area contributed by atoms with Gasteiger partial charge in [0.1, 0.15) is 24.3 Å². The van der Waals surface area contributed by atoms with Gasteiger partial charge in [-0.05, 0) is 18.7 Å². The molecule has 36 heavy (non-hydrogen) atoms. The van der Waals surface area contributed by atoms with Gasteiger partial charge in [0.25, 0.3) is 5.91 Å². The maximum absolute atomic E-state index is 13.0. The minimum Gasteiger partial charge on any atom is -0.444 e. The van der Waals surface area contributed by atoms with Crippen molar-refractivity contribution in [2.75, 3.05) is 35.2 Å². The molecule has 0 aromatic carbocycles. The van der Waals surface area contributed by atoms with Gasteiger partial charge in [-0.15, -0.1) is 0 Å². The van der Waals surface area contributed by atoms with Crippen LogP contribution in [0.5, 0.6) is 0 Å². The van der Waals surface area contributed by atoms with Crippen LogP contribution in [0.4, 0.5) is 30.5 Å². The number of nitrogens with two attached hydrogens (primary N) is 1. The van der Waals surface area contributed by atoms with Crippen molar-refractivity contribution >= 4 is 29.1 Å². The number of hydrogen-bond acceptors (Lipinski definition) is 8. The Morgan fingerprint density at radius 1 is 1.36 bits per heavy atom. The molecule has 4 rings (SSSR count). The molecule has 192 valence electrons. The molecular formula is C22H25F3N8O3. The summed E-state index contributed by atoms with van der Waals surface area (Å²) in [5, 5.41) is 9.22. The summed E-state index contributed by atoms with van der Waals surface area (Å²) in [5.41, 5.74) is 5.74. The number of aromatic nitrogens is 4. The molecule has 1 unspecified atom stereocenters. The van der Waals surface area contributed by atoms with Gasteiger partial charge in [-0.25, -0.2) is 9.97 Å². The number of carbonyl (C=O) groups is 2. The third-order valence-corrected chi connectivity index (χ3v) is 6.03. The second-order valence-electron chi connectivity index (χ2n) is 9.00. The number of anilines is 3. The second kappa shape index (κ2) is 9.26. The van der Waals surface area contributed by atoms with Gasteiger partial charge in [0.2, 0.25) is 11.8 Å². The van der Waals surface area contributed by atoms with Crippen LogP contribution < -0.4 is 21.3 Å². The molecule has 0 spiro atoms. The lowest BCUT2D eigenvalue weighted by molar-refractivity contribution is -0.125. The molecule has 1 aliphatic heterocycles. The number of rotatable bonds is 7. The van der Waals surface area contributed by atoms with Crippen molar-refractivity contribution in [3.05, 3.63) is 36.5 Å². The highest BCUT2D eigenvalue weighted by molar-refractivity contribution is 6.07. The zero-order chi connectivity index (χ0) is 26.3. The van der Waals surface area contributed by atoms with Crippen molar-refractivity contribution in [3.8, 4) is 11.5 Å². The number of amides is 2. The van der Waals surface area contributed by atoms with Crippen LogP contribution in [-0.4, -0.2) is 57.4 Å². The van der Waals surface area contributed by atoms with Crippen LogP contribution in [0.1, 0.15) is 24.3 Å². The summed E-state index contributed by atoms with van der Waals surface area (Å²) in [7, 11) is 1.66. The van der Waals surface area contributed by atoms with Gasteiger partial charge in [-0.1, -0.05) is 13.8 Å². The molecule has 0 saturated carbocycles. The van der Waals surface area contributed by atoms with E-state index in [2.05, 4.69) is 25.7 Å². The Morgan fingerprint density at radius 2 is 2.11 bits per heavy atom. The predicted molar refractivity (Wildman–Crippen MR) is 124 cm³/mol. The first-order valence-corrected chi connectivity index (χ1v) is 11.0. The van der Waals surface area contributed by atoms with E-state index in [1.807, 2.05) is 13.8 Å². The zero-order valence-electron chi connectivity index (χ0n) is 19.8. The molecule has 3 aromatic rings. The minimum atomic E-state index is -4.41. The van der Waals surface area contributed by atoms with E-state index in [-0.39, 0.29) is 35.0 Å². The number of pyridine rings is 1. The van der Waals surface area contributed by atoms with Crippen LogP contribution in [-0.2, 0) is 11.8 Å². The van der Waals surface area contributed by atoms with Gasteiger partial charge in [-0.2, -0.15) is 18.3 Å². The molecule has 0 aliphatic carbocycles. The van der Waals surface area contributed by atoms with Crippen LogP contribution in [0.15, 0.2) is 35.2 Å². The molecule has 4 N–H and O–H groups in total. The molecule has 1 saturated heterocycles. The summed E-state index contributed by atoms with van der Waals surface area (Å²) in [4.78, 5) is 35.4. The van der Waals surface area contributed by atoms with Crippen molar-refractivity contribution in [2.24, 2.45) is 24.1 Å². The fraction of sp³-hybridized carbons (Fsp3) is 0.409. The Kier molecular flexibility index (Phi) is 6.47. The molecule has 0 radical (unpaired) electrons. The maximum Gasteiger partial charge on any atom is 0.405 e. The summed E-state index contributed by atoms with van der Waals surface area (Å²) in [6.07, 6.45) is -0.426. The summed E-state index contributed by atoms with van der Waals surface area (Å²) in [6.45, 7) is 3.10. The first-order valence-electron chi connectivity index (χ1n) is 11.0. The minimum absolute atomic E-state index is 0.0197. The van der Waals surface area contributed by atoms with E-state index >= 15 is 0 Å². The Balaban J connectivity index is 1.51. The van der Waals surface area contributed by atoms with Crippen molar-refractivity contribution in [2.45, 2.75) is 20.0 Å². The highest BCUT2D eigenvalue weighted by atomic mass is 19.4. The van der Waals surface area contributed by atoms with E-state index in [1.54, 1.807) is 13.2 Å². The Bertz CT molecular complexity index is 1280. The SMILES string of the molecule is Cn1cc(NC(=O)c2coc(-c3ccnc(NCC(F)(F)F)c3)n2)c(N2CC(CN)C(C)(C)C2=O)n1. The summed E-state index contributed by atoms with van der Waals surface area (Å²) < 4.78 is 44.2. The lowest BCUT2D eigenvalue weighted by Crippen LogP contribution is -2.33. The zero-order valence-corrected chi connectivity index (χ0v) is 19.8. The van der Waals surface area contributed by atoms with Crippen molar-refractivity contribution in [1.82, 2.24) is 19.7 Å². The van der Waals surface area contributed by atoms with Gasteiger partial charge in [0.05, 0.1) is 6.20 Å². The molecule has 1 aliphatic rings. The molecule has 1 atom stereocenters. The average Bonchev–Trinajstić information content (AvgIpc) is 3.49. The summed E-state index contributed by atoms with van der Waals surface area (Å²) in [6, 6.07) is 2.81. The van der Waals surface area contributed by atoms with Gasteiger partial charge < -0.3 is 20.8 Å². The molecule has 4 heterocycles. The highest BCUT2D eigenvalue weighted by Gasteiger charge is 2.48. The fourth-order valence-corrected chi connectivity index (χ4v) is 3.92. The lowest BCUT2D eigenvalue weighted by atomic mass is 9.81. The Hall–Kier alpha value is -3.94. The second-order valence-corrected chi connectivity index (χ2v) is 9.00. The summed E-state index contributed by atoms with van der Waals surface area (Å²) >= 11 is 0. The maximum atomic E-state index is 13.0. The standard InChI is InChI=1S/C22H25F3N8O3/c1-21(2)13(7-26)8-33(20(21)35)17-14(9-32(3)31-17)29-18(34)15-10-36-19(30-15)12-4-5-27-16(6-12)28-11-22(23,24)25/h4-6,9-10,13H,7-8,11,26H2,1-3H3,(H,27,28)(H,29,34). The van der Waals surface area contributed by atoms with E-state index in [0.29, 0.717) is 24.3 Å². The normalized spacial score (nSPS) is 17.5. The number of halogens is 3. The quantitative estimate of drug-likeness (QED) is 0.444. The average molecular weight is 506 g/mol. The largest absolute Gasteiger partial charge is 0.444 e. The lowest BCUT2D eigenvalue weighted by Gasteiger charge is -2.21. The van der Waals surface area contributed by atoms with Crippen LogP contribution in [0.2, 0.25) is 0 Å². The number of alkyl halides is 3. The fourth-order valence-electron chi connectivity index (χ4n) is 3.92. The molecule has 14 heteroatoms. The molecule has 11 nitrogen and oxygen atoms in total. The van der Waals surface area contributed by atoms with Crippen molar-refractivity contribution in [3.63, 3.8) is 0 Å². The van der Waals surface area contributed by atoms with E-state index in [0.717, 1.165) is 6.26 Å². The number of oxazole rings is 1. The molecule has 3 aromatic heterocycles. The first-order chi connectivity index (χ1) is 16.9. The number of carbonyl (C=O) groups excluding carboxylic acids is 2. The first kappa shape index (κ1) is 25.2. The van der Waals surface area contributed by atoms with Crippen molar-refractivity contribution < 1.29 is 27.2 Å². The Labute approximate surface area is 203 Å². The van der Waals surface area contributed by atoms with Gasteiger partial charge in [0, 0.05) is 36.7 Å². The molecule has 0 bridgehead atoms. The summed E-state index contributed by atoms with van der Waals surface area (Å²) in [5.74, 6) is -0.564. The number of aryl methyl sites for hydroxylation is 1. The van der Waals surface area contributed by atoms with Gasteiger partial charge >= 0.3 is 6.18 Å². The van der Waals surface area contributed by atoms with Crippen LogP contribution >= 0.6 is 0 Å². The molecular weight excluding hydrogens is 481 g/mol. The number of nitrogens with one attached hydrogen (secondary N) is 2. The highest BCUT2D eigenvalue weighted by Crippen LogP contribution is 2.40. The van der Waals surface area contributed by atoms with Gasteiger partial charge in [0.15, 0.2) is 11.5 Å². The monoisotopic (exact) mass is 506 g/mol. The number of hydrogen-bond donors (Lipinski definition) is 3. The topological polar surface area (TPSA) is 144 Å². The van der Waals surface area contributed by atoms with Crippen LogP contribution in [0, 0.1) is 11.3 Å². The third-order valence-electron chi connectivity index (χ3n) is 6.03. The predicted octanol–water partition coefficient (Wildman–Crippen LogP) is 2.64. The van der Waals surface area contributed by atoms with Gasteiger partial charge in [-0.3, -0.25) is 19.2 Å².